The number of carbonyl (C=O) groups is 2. The van der Waals surface area contributed by atoms with Crippen molar-refractivity contribution in [2.24, 2.45) is 5.41 Å². The first kappa shape index (κ1) is 20.1. The molecule has 1 unspecified atom stereocenters. The molecule has 0 bridgehead atoms. The Labute approximate surface area is 132 Å². The van der Waals surface area contributed by atoms with Gasteiger partial charge in [0, 0.05) is 6.54 Å². The first-order valence-corrected chi connectivity index (χ1v) is 8.75. The van der Waals surface area contributed by atoms with E-state index in [4.69, 9.17) is 4.74 Å². The van der Waals surface area contributed by atoms with Gasteiger partial charge in [0.05, 0.1) is 5.41 Å². The van der Waals surface area contributed by atoms with Gasteiger partial charge in [-0.05, 0) is 52.0 Å². The largest absolute Gasteiger partial charge is 0.481 e. The minimum Gasteiger partial charge on any atom is -0.481 e. The summed E-state index contributed by atoms with van der Waals surface area (Å²) in [6.07, 6.45) is 4.14. The molecule has 1 amide bonds. The third kappa shape index (κ3) is 8.19. The molecule has 0 aliphatic heterocycles. The van der Waals surface area contributed by atoms with Gasteiger partial charge in [0.15, 0.2) is 0 Å². The smallest absolute Gasteiger partial charge is 0.407 e. The molecule has 0 heterocycles. The van der Waals surface area contributed by atoms with Gasteiger partial charge in [0.2, 0.25) is 0 Å². The topological polar surface area (TPSA) is 75.6 Å². The van der Waals surface area contributed by atoms with Gasteiger partial charge >= 0.3 is 12.1 Å². The van der Waals surface area contributed by atoms with Crippen molar-refractivity contribution in [2.75, 3.05) is 18.6 Å². The number of alkyl carbamates (subject to hydrolysis) is 1. The summed E-state index contributed by atoms with van der Waals surface area (Å²) in [6, 6.07) is 0. The number of rotatable bonds is 9. The van der Waals surface area contributed by atoms with Gasteiger partial charge in [0.25, 0.3) is 0 Å². The van der Waals surface area contributed by atoms with Crippen LogP contribution in [0.25, 0.3) is 0 Å². The molecule has 0 aliphatic carbocycles. The van der Waals surface area contributed by atoms with Crippen molar-refractivity contribution in [2.45, 2.75) is 59.0 Å². The van der Waals surface area contributed by atoms with Crippen LogP contribution in [-0.4, -0.2) is 41.3 Å². The van der Waals surface area contributed by atoms with Crippen molar-refractivity contribution >= 4 is 23.8 Å². The Kier molecular flexibility index (Phi) is 8.78. The van der Waals surface area contributed by atoms with Crippen LogP contribution in [0.5, 0.6) is 0 Å². The van der Waals surface area contributed by atoms with Crippen LogP contribution in [-0.2, 0) is 9.53 Å². The lowest BCUT2D eigenvalue weighted by Crippen LogP contribution is -2.44. The molecule has 21 heavy (non-hydrogen) atoms. The van der Waals surface area contributed by atoms with Crippen LogP contribution in [0.2, 0.25) is 0 Å². The molecule has 0 spiro atoms. The van der Waals surface area contributed by atoms with Gasteiger partial charge in [-0.2, -0.15) is 11.8 Å². The van der Waals surface area contributed by atoms with Crippen LogP contribution in [0, 0.1) is 5.41 Å². The molecule has 0 rings (SSSR count). The molecule has 0 aromatic carbocycles. The molecule has 2 N–H and O–H groups in total. The monoisotopic (exact) mass is 319 g/mol. The van der Waals surface area contributed by atoms with E-state index in [2.05, 4.69) is 5.32 Å². The van der Waals surface area contributed by atoms with Crippen molar-refractivity contribution in [3.8, 4) is 0 Å². The average Bonchev–Trinajstić information content (AvgIpc) is 2.33. The summed E-state index contributed by atoms with van der Waals surface area (Å²) < 4.78 is 5.17. The molecule has 5 nitrogen and oxygen atoms in total. The van der Waals surface area contributed by atoms with E-state index in [1.807, 2.05) is 13.2 Å². The molecular formula is C15H29NO4S. The second-order valence-corrected chi connectivity index (χ2v) is 7.27. The zero-order valence-corrected chi connectivity index (χ0v) is 14.6. The van der Waals surface area contributed by atoms with Crippen molar-refractivity contribution in [3.05, 3.63) is 0 Å². The predicted octanol–water partition coefficient (Wildman–Crippen LogP) is 3.53. The molecule has 0 aliphatic rings. The fourth-order valence-electron chi connectivity index (χ4n) is 2.18. The van der Waals surface area contributed by atoms with E-state index < -0.39 is 23.1 Å². The number of hydrogen-bond acceptors (Lipinski definition) is 4. The van der Waals surface area contributed by atoms with Crippen LogP contribution < -0.4 is 5.32 Å². The minimum absolute atomic E-state index is 0.111. The van der Waals surface area contributed by atoms with Gasteiger partial charge in [0.1, 0.15) is 5.60 Å². The number of carboxylic acid groups (broad SMARTS) is 1. The summed E-state index contributed by atoms with van der Waals surface area (Å²) in [5.74, 6) is 0.0760. The molecule has 0 radical (unpaired) electrons. The lowest BCUT2D eigenvalue weighted by atomic mass is 9.79. The third-order valence-corrected chi connectivity index (χ3v) is 3.85. The lowest BCUT2D eigenvalue weighted by Gasteiger charge is -2.30. The number of carbonyl (C=O) groups excluding carboxylic acids is 1. The summed E-state index contributed by atoms with van der Waals surface area (Å²) in [7, 11) is 0. The zero-order valence-electron chi connectivity index (χ0n) is 13.8. The normalized spacial score (nSPS) is 14.3. The number of amides is 1. The highest BCUT2D eigenvalue weighted by Crippen LogP contribution is 2.30. The fourth-order valence-corrected chi connectivity index (χ4v) is 2.61. The second kappa shape index (κ2) is 9.18. The summed E-state index contributed by atoms with van der Waals surface area (Å²) >= 11 is 1.70. The highest BCUT2D eigenvalue weighted by Gasteiger charge is 2.37. The molecule has 0 saturated carbocycles. The Balaban J connectivity index is 4.72. The lowest BCUT2D eigenvalue weighted by molar-refractivity contribution is -0.149. The van der Waals surface area contributed by atoms with E-state index >= 15 is 0 Å². The van der Waals surface area contributed by atoms with Gasteiger partial charge in [-0.25, -0.2) is 4.79 Å². The highest BCUT2D eigenvalue weighted by atomic mass is 32.2. The van der Waals surface area contributed by atoms with E-state index in [0.717, 1.165) is 18.6 Å². The molecule has 6 heteroatoms. The Morgan fingerprint density at radius 2 is 1.86 bits per heavy atom. The van der Waals surface area contributed by atoms with Crippen LogP contribution in [0.15, 0.2) is 0 Å². The van der Waals surface area contributed by atoms with Crippen molar-refractivity contribution in [3.63, 3.8) is 0 Å². The van der Waals surface area contributed by atoms with Crippen molar-refractivity contribution < 1.29 is 19.4 Å². The number of carboxylic acids is 1. The van der Waals surface area contributed by atoms with Gasteiger partial charge in [-0.3, -0.25) is 4.79 Å². The van der Waals surface area contributed by atoms with Crippen LogP contribution in [0.1, 0.15) is 53.4 Å². The highest BCUT2D eigenvalue weighted by molar-refractivity contribution is 7.98. The van der Waals surface area contributed by atoms with E-state index in [1.165, 1.54) is 0 Å². The van der Waals surface area contributed by atoms with Gasteiger partial charge in [-0.15, -0.1) is 0 Å². The first-order chi connectivity index (χ1) is 9.67. The molecule has 0 aromatic heterocycles. The number of aliphatic carboxylic acids is 1. The maximum Gasteiger partial charge on any atom is 0.407 e. The Morgan fingerprint density at radius 3 is 2.29 bits per heavy atom. The zero-order chi connectivity index (χ0) is 16.5. The molecular weight excluding hydrogens is 290 g/mol. The third-order valence-electron chi connectivity index (χ3n) is 3.16. The predicted molar refractivity (Wildman–Crippen MR) is 86.8 cm³/mol. The molecule has 1 atom stereocenters. The quantitative estimate of drug-likeness (QED) is 0.636. The Hall–Kier alpha value is -0.910. The number of thioether (sulfide) groups is 1. The Bertz CT molecular complexity index is 341. The summed E-state index contributed by atoms with van der Waals surface area (Å²) in [5, 5.41) is 12.2. The number of ether oxygens (including phenoxy) is 1. The van der Waals surface area contributed by atoms with Crippen LogP contribution in [0.3, 0.4) is 0 Å². The van der Waals surface area contributed by atoms with E-state index in [1.54, 1.807) is 32.5 Å². The van der Waals surface area contributed by atoms with Crippen LogP contribution >= 0.6 is 11.8 Å². The van der Waals surface area contributed by atoms with E-state index in [-0.39, 0.29) is 6.54 Å². The molecule has 0 fully saturated rings. The van der Waals surface area contributed by atoms with Crippen molar-refractivity contribution in [1.82, 2.24) is 5.32 Å². The average molecular weight is 319 g/mol. The Morgan fingerprint density at radius 1 is 1.24 bits per heavy atom. The molecule has 0 saturated heterocycles. The fraction of sp³-hybridized carbons (Fsp3) is 0.867. The molecule has 0 aromatic rings. The summed E-state index contributed by atoms with van der Waals surface area (Å²) in [4.78, 5) is 23.4. The maximum atomic E-state index is 11.7. The summed E-state index contributed by atoms with van der Waals surface area (Å²) in [5.41, 5.74) is -1.49. The van der Waals surface area contributed by atoms with Crippen molar-refractivity contribution in [1.29, 1.82) is 0 Å². The molecule has 124 valence electrons. The second-order valence-electron chi connectivity index (χ2n) is 6.29. The SMILES string of the molecule is CCCC(CCCSC)(CNC(=O)OC(C)(C)C)C(=O)O. The van der Waals surface area contributed by atoms with E-state index in [9.17, 15) is 14.7 Å². The maximum absolute atomic E-state index is 11.7. The van der Waals surface area contributed by atoms with Gasteiger partial charge < -0.3 is 15.2 Å². The minimum atomic E-state index is -0.901. The van der Waals surface area contributed by atoms with Gasteiger partial charge in [-0.1, -0.05) is 13.3 Å². The van der Waals surface area contributed by atoms with Crippen LogP contribution in [0.4, 0.5) is 4.79 Å². The summed E-state index contributed by atoms with van der Waals surface area (Å²) in [6.45, 7) is 7.41. The first-order valence-electron chi connectivity index (χ1n) is 7.36. The standard InChI is InChI=1S/C15H29NO4S/c1-6-8-15(12(17)18,9-7-10-21-5)11-16-13(19)20-14(2,3)4/h6-11H2,1-5H3,(H,16,19)(H,17,18). The number of hydrogen-bond donors (Lipinski definition) is 2. The number of nitrogens with one attached hydrogen (secondary N) is 1. The van der Waals surface area contributed by atoms with E-state index in [0.29, 0.717) is 12.8 Å².